The highest BCUT2D eigenvalue weighted by molar-refractivity contribution is 6.19. The average Bonchev–Trinajstić information content (AvgIpc) is 0.900. The van der Waals surface area contributed by atoms with Crippen LogP contribution in [0.25, 0.3) is 0 Å². The lowest BCUT2D eigenvalue weighted by Crippen LogP contribution is -2.11. The predicted molar refractivity (Wildman–Crippen MR) is 471 cm³/mol. The molecule has 2 aliphatic carbocycles. The van der Waals surface area contributed by atoms with Crippen LogP contribution < -0.4 is 24.5 Å². The molecule has 0 saturated carbocycles. The van der Waals surface area contributed by atoms with Crippen molar-refractivity contribution in [2.45, 2.75) is 194 Å². The molecule has 0 aromatic heterocycles. The molecular formula is C91H147N9. The fourth-order valence-electron chi connectivity index (χ4n) is 7.72. The Hall–Kier alpha value is -8.82. The van der Waals surface area contributed by atoms with E-state index in [1.165, 1.54) is 56.4 Å². The van der Waals surface area contributed by atoms with Crippen LogP contribution in [0.15, 0.2) is 238 Å². The molecule has 9 heteroatoms. The lowest BCUT2D eigenvalue weighted by atomic mass is 10.1. The van der Waals surface area contributed by atoms with E-state index in [1.54, 1.807) is 14.1 Å². The van der Waals surface area contributed by atoms with Gasteiger partial charge in [0, 0.05) is 109 Å². The highest BCUT2D eigenvalue weighted by Crippen LogP contribution is 2.29. The lowest BCUT2D eigenvalue weighted by molar-refractivity contribution is 1.13. The van der Waals surface area contributed by atoms with Gasteiger partial charge in [0.25, 0.3) is 0 Å². The van der Waals surface area contributed by atoms with Gasteiger partial charge in [0.2, 0.25) is 0 Å². The summed E-state index contributed by atoms with van der Waals surface area (Å²) in [5, 5.41) is 0. The highest BCUT2D eigenvalue weighted by atomic mass is 15.1. The third-order valence-electron chi connectivity index (χ3n) is 12.8. The largest absolute Gasteiger partial charge is 0.378 e. The van der Waals surface area contributed by atoms with E-state index < -0.39 is 0 Å². The van der Waals surface area contributed by atoms with Gasteiger partial charge in [-0.2, -0.15) is 0 Å². The minimum atomic E-state index is 0.932. The van der Waals surface area contributed by atoms with Crippen molar-refractivity contribution in [3.63, 3.8) is 0 Å². The van der Waals surface area contributed by atoms with E-state index in [4.69, 9.17) is 0 Å². The van der Waals surface area contributed by atoms with Crippen LogP contribution in [-0.2, 0) is 0 Å². The van der Waals surface area contributed by atoms with E-state index >= 15 is 0 Å². The molecule has 556 valence electrons. The molecule has 0 bridgehead atoms. The second-order valence-corrected chi connectivity index (χ2v) is 19.1. The molecule has 0 fully saturated rings. The SMILES string of the molecule is CC.CC.CC.CC.CC.CC.CC.CC.CC.CC.CC.CC.CN=C1C=CC(=Nc2ccc(N(C)c3ccc(C)cc3)cc2)C=C1.CN=C1C=CC(=Nc2ccc(N(C)c3ccc(C)cc3)cc2)C=C1.Cc1ccc(N(C)C)cc1.Cc1ccc(N(C)c2ccc(N(C)C)cc2)cc1. The number of rotatable bonds is 10. The molecule has 0 N–H and O–H groups in total. The zero-order chi connectivity index (χ0) is 78.6. The topological polar surface area (TPSA) is 65.6 Å². The number of allylic oxidation sites excluding steroid dienone is 8. The van der Waals surface area contributed by atoms with E-state index in [0.717, 1.165) is 45.6 Å². The lowest BCUT2D eigenvalue weighted by Gasteiger charge is -2.21. The van der Waals surface area contributed by atoms with Crippen molar-refractivity contribution in [2.75, 3.05) is 87.9 Å². The van der Waals surface area contributed by atoms with Crippen LogP contribution in [0.3, 0.4) is 0 Å². The van der Waals surface area contributed by atoms with Gasteiger partial charge >= 0.3 is 0 Å². The molecule has 0 saturated heterocycles. The first-order valence-corrected chi connectivity index (χ1v) is 37.5. The summed E-state index contributed by atoms with van der Waals surface area (Å²) in [5.41, 5.74) is 20.3. The molecule has 0 spiro atoms. The summed E-state index contributed by atoms with van der Waals surface area (Å²) < 4.78 is 0. The van der Waals surface area contributed by atoms with E-state index in [1.807, 2.05) is 253 Å². The Morgan fingerprint density at radius 1 is 0.190 bits per heavy atom. The van der Waals surface area contributed by atoms with Crippen LogP contribution in [0, 0.1) is 27.7 Å². The zero-order valence-corrected chi connectivity index (χ0v) is 70.8. The normalized spacial score (nSPS) is 9.81. The standard InChI is InChI=1S/2C21H21N3.C16H20N2.C9H13N.12C2H6/c2*1-16-4-12-20(13-5-16)24(3)21-14-10-19(11-15-21)23-18-8-6-17(22-2)7-9-18;1-13-5-7-15(8-6-13)18(4)16-11-9-14(10-12-16)17(2)3;1-8-4-6-9(7-5-8)10(2)3;12*1-2/h2*4-15H,1-3H3;5-12H,1-4H3;4-7H,1-3H3;12*1-2H3. The molecule has 0 heterocycles. The Morgan fingerprint density at radius 3 is 0.500 bits per heavy atom. The molecule has 0 unspecified atom stereocenters. The Morgan fingerprint density at radius 2 is 0.330 bits per heavy atom. The van der Waals surface area contributed by atoms with Crippen molar-refractivity contribution in [2.24, 2.45) is 20.0 Å². The van der Waals surface area contributed by atoms with Gasteiger partial charge in [-0.05, 0) is 198 Å². The summed E-state index contributed by atoms with van der Waals surface area (Å²) in [4.78, 5) is 28.3. The van der Waals surface area contributed by atoms with Crippen molar-refractivity contribution < 1.29 is 0 Å². The Kier molecular flexibility index (Phi) is 74.8. The molecule has 0 radical (unpaired) electrons. The maximum Gasteiger partial charge on any atom is 0.0638 e. The van der Waals surface area contributed by atoms with Gasteiger partial charge in [-0.25, -0.2) is 9.98 Å². The fourth-order valence-corrected chi connectivity index (χ4v) is 7.72. The van der Waals surface area contributed by atoms with Crippen LogP contribution in [0.2, 0.25) is 0 Å². The van der Waals surface area contributed by atoms with Crippen molar-refractivity contribution in [3.8, 4) is 0 Å². The fraction of sp³-hybridized carbons (Fsp3) is 0.407. The first kappa shape index (κ1) is 105. The molecule has 0 atom stereocenters. The summed E-state index contributed by atoms with van der Waals surface area (Å²) in [5.74, 6) is 0. The molecule has 0 amide bonds. The molecular weight excluding hydrogens is 1220 g/mol. The smallest absolute Gasteiger partial charge is 0.0638 e. The minimum Gasteiger partial charge on any atom is -0.378 e. The van der Waals surface area contributed by atoms with E-state index in [-0.39, 0.29) is 0 Å². The van der Waals surface area contributed by atoms with Crippen LogP contribution in [0.1, 0.15) is 188 Å². The second-order valence-electron chi connectivity index (χ2n) is 19.1. The Balaban J connectivity index is -0.000000214. The van der Waals surface area contributed by atoms with Crippen molar-refractivity contribution >= 4 is 79.7 Å². The van der Waals surface area contributed by atoms with Gasteiger partial charge < -0.3 is 24.5 Å². The van der Waals surface area contributed by atoms with Gasteiger partial charge in [0.05, 0.1) is 34.2 Å². The minimum absolute atomic E-state index is 0.932. The predicted octanol–water partition coefficient (Wildman–Crippen LogP) is 28.3. The van der Waals surface area contributed by atoms with E-state index in [9.17, 15) is 0 Å². The van der Waals surface area contributed by atoms with Gasteiger partial charge in [-0.15, -0.1) is 0 Å². The molecule has 100 heavy (non-hydrogen) atoms. The van der Waals surface area contributed by atoms with Crippen LogP contribution >= 0.6 is 0 Å². The van der Waals surface area contributed by atoms with E-state index in [2.05, 4.69) is 253 Å². The Labute approximate surface area is 618 Å². The van der Waals surface area contributed by atoms with Gasteiger partial charge in [0.15, 0.2) is 0 Å². The average molecular weight is 1370 g/mol. The summed E-state index contributed by atoms with van der Waals surface area (Å²) >= 11 is 0. The zero-order valence-electron chi connectivity index (χ0n) is 70.8. The van der Waals surface area contributed by atoms with Gasteiger partial charge in [-0.3, -0.25) is 9.98 Å². The first-order chi connectivity index (χ1) is 48.6. The number of anilines is 8. The molecule has 9 rings (SSSR count). The number of nitrogens with zero attached hydrogens (tertiary/aromatic N) is 9. The molecule has 0 aliphatic heterocycles. The molecule has 9 nitrogen and oxygen atoms in total. The van der Waals surface area contributed by atoms with Crippen LogP contribution in [0.5, 0.6) is 0 Å². The summed E-state index contributed by atoms with van der Waals surface area (Å²) in [6.45, 7) is 56.4. The number of hydrogen-bond acceptors (Lipinski definition) is 9. The van der Waals surface area contributed by atoms with Crippen LogP contribution in [-0.4, -0.2) is 86.3 Å². The van der Waals surface area contributed by atoms with E-state index in [0.29, 0.717) is 0 Å². The van der Waals surface area contributed by atoms with Crippen LogP contribution in [0.4, 0.5) is 56.9 Å². The molecule has 2 aliphatic rings. The quantitative estimate of drug-likeness (QED) is 0.128. The van der Waals surface area contributed by atoms with Gasteiger partial charge in [-0.1, -0.05) is 237 Å². The maximum absolute atomic E-state index is 4.64. The molecule has 7 aromatic rings. The summed E-state index contributed by atoms with van der Waals surface area (Å²) in [7, 11) is 18.0. The van der Waals surface area contributed by atoms with Crippen molar-refractivity contribution in [3.05, 3.63) is 241 Å². The number of aliphatic imine (C=N–C) groups is 4. The monoisotopic (exact) mass is 1370 g/mol. The molecule has 7 aromatic carbocycles. The van der Waals surface area contributed by atoms with Crippen molar-refractivity contribution in [1.82, 2.24) is 0 Å². The third kappa shape index (κ3) is 44.3. The summed E-state index contributed by atoms with van der Waals surface area (Å²) in [6, 6.07) is 59.2. The highest BCUT2D eigenvalue weighted by Gasteiger charge is 2.08. The van der Waals surface area contributed by atoms with Crippen molar-refractivity contribution in [1.29, 1.82) is 0 Å². The third-order valence-corrected chi connectivity index (χ3v) is 12.8. The summed E-state index contributed by atoms with van der Waals surface area (Å²) in [6.07, 6.45) is 15.8. The van der Waals surface area contributed by atoms with Gasteiger partial charge in [0.1, 0.15) is 0 Å². The second kappa shape index (κ2) is 71.5. The number of aryl methyl sites for hydroxylation is 4. The number of benzene rings is 7. The Bertz CT molecular complexity index is 3000. The maximum atomic E-state index is 4.64. The number of hydrogen-bond donors (Lipinski definition) is 0. The first-order valence-electron chi connectivity index (χ1n) is 37.5.